The number of carboxylic acid groups (broad SMARTS) is 1. The first-order chi connectivity index (χ1) is 7.11. The standard InChI is InChI=1S/C12H17NO2/c1-9(12(14)15)8-13-10(2)11-6-4-3-5-7-11/h3-7,9-10,13H,8H2,1-2H3,(H,14,15). The molecule has 82 valence electrons. The number of aliphatic carboxylic acids is 1. The second-order valence-corrected chi connectivity index (χ2v) is 3.78. The number of benzene rings is 1. The van der Waals surface area contributed by atoms with E-state index in [4.69, 9.17) is 5.11 Å². The number of hydrogen-bond donors (Lipinski definition) is 2. The molecule has 0 amide bonds. The van der Waals surface area contributed by atoms with Crippen LogP contribution in [0, 0.1) is 5.92 Å². The Hall–Kier alpha value is -1.35. The van der Waals surface area contributed by atoms with Crippen molar-refractivity contribution < 1.29 is 9.90 Å². The van der Waals surface area contributed by atoms with E-state index in [2.05, 4.69) is 5.32 Å². The highest BCUT2D eigenvalue weighted by Gasteiger charge is 2.12. The lowest BCUT2D eigenvalue weighted by Crippen LogP contribution is -2.28. The molecule has 0 spiro atoms. The molecule has 0 aliphatic rings. The quantitative estimate of drug-likeness (QED) is 0.777. The Morgan fingerprint density at radius 3 is 2.47 bits per heavy atom. The third-order valence-electron chi connectivity index (χ3n) is 2.45. The Kier molecular flexibility index (Phi) is 4.31. The third-order valence-corrected chi connectivity index (χ3v) is 2.45. The van der Waals surface area contributed by atoms with Gasteiger partial charge < -0.3 is 10.4 Å². The van der Waals surface area contributed by atoms with Gasteiger partial charge in [0.05, 0.1) is 5.92 Å². The van der Waals surface area contributed by atoms with E-state index < -0.39 is 5.97 Å². The van der Waals surface area contributed by atoms with E-state index in [9.17, 15) is 4.79 Å². The molecule has 0 aromatic heterocycles. The Morgan fingerprint density at radius 1 is 1.33 bits per heavy atom. The van der Waals surface area contributed by atoms with Gasteiger partial charge in [-0.3, -0.25) is 4.79 Å². The summed E-state index contributed by atoms with van der Waals surface area (Å²) in [6.07, 6.45) is 0. The van der Waals surface area contributed by atoms with Crippen LogP contribution in [-0.2, 0) is 4.79 Å². The normalized spacial score (nSPS) is 14.5. The Balaban J connectivity index is 2.43. The van der Waals surface area contributed by atoms with Gasteiger partial charge in [-0.25, -0.2) is 0 Å². The maximum absolute atomic E-state index is 10.6. The van der Waals surface area contributed by atoms with Gasteiger partial charge in [0.15, 0.2) is 0 Å². The molecule has 0 saturated carbocycles. The summed E-state index contributed by atoms with van der Waals surface area (Å²) in [6.45, 7) is 4.22. The molecule has 2 atom stereocenters. The Bertz CT molecular complexity index is 311. The van der Waals surface area contributed by atoms with Crippen molar-refractivity contribution in [1.29, 1.82) is 0 Å². The van der Waals surface area contributed by atoms with Crippen molar-refractivity contribution in [2.75, 3.05) is 6.54 Å². The summed E-state index contributed by atoms with van der Waals surface area (Å²) >= 11 is 0. The zero-order chi connectivity index (χ0) is 11.3. The smallest absolute Gasteiger partial charge is 0.307 e. The van der Waals surface area contributed by atoms with Crippen molar-refractivity contribution in [3.63, 3.8) is 0 Å². The van der Waals surface area contributed by atoms with Crippen LogP contribution >= 0.6 is 0 Å². The first-order valence-electron chi connectivity index (χ1n) is 5.12. The highest BCUT2D eigenvalue weighted by Crippen LogP contribution is 2.11. The van der Waals surface area contributed by atoms with E-state index in [0.717, 1.165) is 0 Å². The number of rotatable bonds is 5. The van der Waals surface area contributed by atoms with Gasteiger partial charge >= 0.3 is 5.97 Å². The molecule has 0 aliphatic carbocycles. The molecule has 0 heterocycles. The average Bonchev–Trinajstić information content (AvgIpc) is 2.26. The van der Waals surface area contributed by atoms with Crippen molar-refractivity contribution in [3.8, 4) is 0 Å². The molecular weight excluding hydrogens is 190 g/mol. The first-order valence-corrected chi connectivity index (χ1v) is 5.12. The Labute approximate surface area is 90.1 Å². The third kappa shape index (κ3) is 3.72. The van der Waals surface area contributed by atoms with Crippen molar-refractivity contribution in [2.45, 2.75) is 19.9 Å². The molecule has 2 unspecified atom stereocenters. The van der Waals surface area contributed by atoms with Crippen molar-refractivity contribution in [3.05, 3.63) is 35.9 Å². The van der Waals surface area contributed by atoms with Gasteiger partial charge in [-0.1, -0.05) is 37.3 Å². The SMILES string of the molecule is CC(CNC(C)c1ccccc1)C(=O)O. The number of carbonyl (C=O) groups is 1. The molecule has 3 nitrogen and oxygen atoms in total. The number of hydrogen-bond acceptors (Lipinski definition) is 2. The van der Waals surface area contributed by atoms with Gasteiger partial charge in [0.25, 0.3) is 0 Å². The van der Waals surface area contributed by atoms with Gasteiger partial charge in [0.1, 0.15) is 0 Å². The molecule has 0 radical (unpaired) electrons. The van der Waals surface area contributed by atoms with E-state index in [0.29, 0.717) is 6.54 Å². The lowest BCUT2D eigenvalue weighted by Gasteiger charge is -2.15. The molecule has 15 heavy (non-hydrogen) atoms. The highest BCUT2D eigenvalue weighted by atomic mass is 16.4. The summed E-state index contributed by atoms with van der Waals surface area (Å²) in [4.78, 5) is 10.6. The summed E-state index contributed by atoms with van der Waals surface area (Å²) in [5, 5.41) is 11.9. The molecule has 0 bridgehead atoms. The van der Waals surface area contributed by atoms with Crippen LogP contribution in [0.4, 0.5) is 0 Å². The molecule has 1 rings (SSSR count). The van der Waals surface area contributed by atoms with E-state index in [1.54, 1.807) is 6.92 Å². The van der Waals surface area contributed by atoms with Crippen molar-refractivity contribution >= 4 is 5.97 Å². The lowest BCUT2D eigenvalue weighted by molar-refractivity contribution is -0.140. The zero-order valence-corrected chi connectivity index (χ0v) is 9.10. The van der Waals surface area contributed by atoms with Crippen LogP contribution in [0.25, 0.3) is 0 Å². The van der Waals surface area contributed by atoms with E-state index >= 15 is 0 Å². The second kappa shape index (κ2) is 5.51. The van der Waals surface area contributed by atoms with Gasteiger partial charge in [-0.2, -0.15) is 0 Å². The largest absolute Gasteiger partial charge is 0.481 e. The van der Waals surface area contributed by atoms with Gasteiger partial charge in [0.2, 0.25) is 0 Å². The van der Waals surface area contributed by atoms with Crippen molar-refractivity contribution in [1.82, 2.24) is 5.32 Å². The van der Waals surface area contributed by atoms with Crippen LogP contribution in [0.1, 0.15) is 25.5 Å². The maximum Gasteiger partial charge on any atom is 0.307 e. The van der Waals surface area contributed by atoms with Gasteiger partial charge in [-0.05, 0) is 12.5 Å². The van der Waals surface area contributed by atoms with Crippen LogP contribution in [-0.4, -0.2) is 17.6 Å². The molecular formula is C12H17NO2. The minimum Gasteiger partial charge on any atom is -0.481 e. The fourth-order valence-electron chi connectivity index (χ4n) is 1.30. The highest BCUT2D eigenvalue weighted by molar-refractivity contribution is 5.69. The van der Waals surface area contributed by atoms with Crippen LogP contribution in [0.2, 0.25) is 0 Å². The maximum atomic E-state index is 10.6. The topological polar surface area (TPSA) is 49.3 Å². The van der Waals surface area contributed by atoms with Crippen LogP contribution < -0.4 is 5.32 Å². The summed E-state index contributed by atoms with van der Waals surface area (Å²) < 4.78 is 0. The average molecular weight is 207 g/mol. The minimum atomic E-state index is -0.761. The van der Waals surface area contributed by atoms with Crippen LogP contribution in [0.3, 0.4) is 0 Å². The van der Waals surface area contributed by atoms with Crippen molar-refractivity contribution in [2.24, 2.45) is 5.92 Å². The van der Waals surface area contributed by atoms with Crippen LogP contribution in [0.15, 0.2) is 30.3 Å². The van der Waals surface area contributed by atoms with Crippen LogP contribution in [0.5, 0.6) is 0 Å². The monoisotopic (exact) mass is 207 g/mol. The molecule has 1 aromatic carbocycles. The zero-order valence-electron chi connectivity index (χ0n) is 9.10. The molecule has 0 fully saturated rings. The Morgan fingerprint density at radius 2 is 1.93 bits per heavy atom. The predicted octanol–water partition coefficient (Wildman–Crippen LogP) is 2.06. The van der Waals surface area contributed by atoms with Gasteiger partial charge in [0, 0.05) is 12.6 Å². The first kappa shape index (κ1) is 11.7. The van der Waals surface area contributed by atoms with E-state index in [1.165, 1.54) is 5.56 Å². The summed E-state index contributed by atoms with van der Waals surface area (Å²) in [6, 6.07) is 10.2. The number of nitrogens with one attached hydrogen (secondary N) is 1. The van der Waals surface area contributed by atoms with E-state index in [-0.39, 0.29) is 12.0 Å². The number of carboxylic acids is 1. The fourth-order valence-corrected chi connectivity index (χ4v) is 1.30. The molecule has 0 aliphatic heterocycles. The second-order valence-electron chi connectivity index (χ2n) is 3.78. The fraction of sp³-hybridized carbons (Fsp3) is 0.417. The molecule has 0 saturated heterocycles. The summed E-state index contributed by atoms with van der Waals surface area (Å²) in [7, 11) is 0. The molecule has 3 heteroatoms. The van der Waals surface area contributed by atoms with Gasteiger partial charge in [-0.15, -0.1) is 0 Å². The predicted molar refractivity (Wildman–Crippen MR) is 59.7 cm³/mol. The molecule has 1 aromatic rings. The molecule has 2 N–H and O–H groups in total. The lowest BCUT2D eigenvalue weighted by atomic mass is 10.1. The minimum absolute atomic E-state index is 0.188. The summed E-state index contributed by atoms with van der Waals surface area (Å²) in [5.74, 6) is -1.11. The summed E-state index contributed by atoms with van der Waals surface area (Å²) in [5.41, 5.74) is 1.18. The van der Waals surface area contributed by atoms with E-state index in [1.807, 2.05) is 37.3 Å².